The number of amides is 2. The molecule has 1 aliphatic rings. The predicted molar refractivity (Wildman–Crippen MR) is 62.7 cm³/mol. The van der Waals surface area contributed by atoms with E-state index >= 15 is 0 Å². The predicted octanol–water partition coefficient (Wildman–Crippen LogP) is 1.29. The molecule has 0 bridgehead atoms. The maximum Gasteiger partial charge on any atom is 0.407 e. The Morgan fingerprint density at radius 1 is 1.44 bits per heavy atom. The fourth-order valence-electron chi connectivity index (χ4n) is 1.90. The molecule has 0 unspecified atom stereocenters. The van der Waals surface area contributed by atoms with Crippen LogP contribution in [-0.2, 0) is 9.53 Å². The summed E-state index contributed by atoms with van der Waals surface area (Å²) in [4.78, 5) is 24.3. The number of halogens is 1. The lowest BCUT2D eigenvalue weighted by molar-refractivity contribution is -0.117. The number of alkyl carbamates (subject to hydrolysis) is 1. The number of hydrogen-bond donors (Lipinski definition) is 1. The third-order valence-corrected chi connectivity index (χ3v) is 2.77. The van der Waals surface area contributed by atoms with Gasteiger partial charge in [-0.25, -0.2) is 9.18 Å². The molecule has 0 aromatic heterocycles. The van der Waals surface area contributed by atoms with Crippen LogP contribution in [0, 0.1) is 5.82 Å². The van der Waals surface area contributed by atoms with Crippen LogP contribution in [0.5, 0.6) is 0 Å². The van der Waals surface area contributed by atoms with Crippen molar-refractivity contribution in [3.63, 3.8) is 0 Å². The molecule has 0 radical (unpaired) electrons. The summed E-state index contributed by atoms with van der Waals surface area (Å²) in [5, 5.41) is 2.57. The van der Waals surface area contributed by atoms with Crippen molar-refractivity contribution in [2.45, 2.75) is 12.5 Å². The van der Waals surface area contributed by atoms with Gasteiger partial charge in [0.15, 0.2) is 0 Å². The van der Waals surface area contributed by atoms with Gasteiger partial charge in [-0.2, -0.15) is 0 Å². The van der Waals surface area contributed by atoms with E-state index in [1.54, 1.807) is 0 Å². The first kappa shape index (κ1) is 12.3. The van der Waals surface area contributed by atoms with E-state index in [-0.39, 0.29) is 24.2 Å². The fraction of sp³-hybridized carbons (Fsp3) is 0.333. The van der Waals surface area contributed by atoms with Crippen LogP contribution in [0.4, 0.5) is 14.9 Å². The Labute approximate surface area is 104 Å². The number of methoxy groups -OCH3 is 1. The number of nitrogens with zero attached hydrogens (tertiary/aromatic N) is 1. The molecule has 0 saturated carbocycles. The quantitative estimate of drug-likeness (QED) is 0.862. The minimum atomic E-state index is -0.561. The molecule has 1 N–H and O–H groups in total. The van der Waals surface area contributed by atoms with Crippen LogP contribution in [0.2, 0.25) is 0 Å². The van der Waals surface area contributed by atoms with Crippen LogP contribution in [0.25, 0.3) is 0 Å². The van der Waals surface area contributed by atoms with Gasteiger partial charge in [-0.15, -0.1) is 0 Å². The highest BCUT2D eigenvalue weighted by molar-refractivity contribution is 5.96. The molecular formula is C12H13FN2O3. The molecule has 1 aromatic carbocycles. The Kier molecular flexibility index (Phi) is 3.45. The molecule has 2 rings (SSSR count). The van der Waals surface area contributed by atoms with Crippen LogP contribution in [0.1, 0.15) is 6.42 Å². The number of rotatable bonds is 2. The molecule has 1 aliphatic heterocycles. The summed E-state index contributed by atoms with van der Waals surface area (Å²) in [7, 11) is 1.27. The van der Waals surface area contributed by atoms with Gasteiger partial charge in [0.25, 0.3) is 0 Å². The van der Waals surface area contributed by atoms with Crippen LogP contribution in [0.15, 0.2) is 24.3 Å². The van der Waals surface area contributed by atoms with Crippen molar-refractivity contribution in [2.24, 2.45) is 0 Å². The van der Waals surface area contributed by atoms with Gasteiger partial charge >= 0.3 is 6.09 Å². The highest BCUT2D eigenvalue weighted by Gasteiger charge is 2.31. The fourth-order valence-corrected chi connectivity index (χ4v) is 1.90. The van der Waals surface area contributed by atoms with Gasteiger partial charge in [-0.05, 0) is 24.3 Å². The molecule has 2 amide bonds. The highest BCUT2D eigenvalue weighted by atomic mass is 19.1. The first-order valence-corrected chi connectivity index (χ1v) is 5.50. The highest BCUT2D eigenvalue weighted by Crippen LogP contribution is 2.21. The zero-order valence-electron chi connectivity index (χ0n) is 9.85. The average Bonchev–Trinajstić information content (AvgIpc) is 2.71. The monoisotopic (exact) mass is 252 g/mol. The number of carbonyl (C=O) groups is 2. The number of carbonyl (C=O) groups excluding carboxylic acids is 2. The zero-order chi connectivity index (χ0) is 13.1. The van der Waals surface area contributed by atoms with Crippen molar-refractivity contribution < 1.29 is 18.7 Å². The molecule has 1 aromatic rings. The molecule has 96 valence electrons. The number of ether oxygens (including phenoxy) is 1. The summed E-state index contributed by atoms with van der Waals surface area (Å²) in [5.41, 5.74) is 0.621. The number of nitrogens with one attached hydrogen (secondary N) is 1. The summed E-state index contributed by atoms with van der Waals surface area (Å²) in [6.45, 7) is 0.361. The second kappa shape index (κ2) is 5.03. The summed E-state index contributed by atoms with van der Waals surface area (Å²) >= 11 is 0. The van der Waals surface area contributed by atoms with E-state index in [0.29, 0.717) is 12.2 Å². The van der Waals surface area contributed by atoms with Crippen LogP contribution in [-0.4, -0.2) is 31.7 Å². The average molecular weight is 252 g/mol. The lowest BCUT2D eigenvalue weighted by Gasteiger charge is -2.16. The van der Waals surface area contributed by atoms with E-state index < -0.39 is 6.09 Å². The van der Waals surface area contributed by atoms with Crippen molar-refractivity contribution in [3.05, 3.63) is 30.1 Å². The Morgan fingerprint density at radius 2 is 2.11 bits per heavy atom. The van der Waals surface area contributed by atoms with Crippen molar-refractivity contribution in [2.75, 3.05) is 18.6 Å². The Balaban J connectivity index is 2.05. The first-order chi connectivity index (χ1) is 8.60. The smallest absolute Gasteiger partial charge is 0.407 e. The SMILES string of the molecule is COC(=O)N[C@@H]1CC(=O)N(c2ccc(F)cc2)C1. The number of hydrogen-bond acceptors (Lipinski definition) is 3. The Bertz CT molecular complexity index is 461. The van der Waals surface area contributed by atoms with E-state index in [9.17, 15) is 14.0 Å². The molecule has 1 atom stereocenters. The Hall–Kier alpha value is -2.11. The minimum absolute atomic E-state index is 0.108. The maximum atomic E-state index is 12.8. The van der Waals surface area contributed by atoms with Gasteiger partial charge in [0.1, 0.15) is 5.82 Å². The molecule has 1 fully saturated rings. The van der Waals surface area contributed by atoms with E-state index in [0.717, 1.165) is 0 Å². The molecule has 6 heteroatoms. The van der Waals surface area contributed by atoms with E-state index in [1.807, 2.05) is 0 Å². The molecule has 18 heavy (non-hydrogen) atoms. The number of benzene rings is 1. The third-order valence-electron chi connectivity index (χ3n) is 2.77. The van der Waals surface area contributed by atoms with E-state index in [2.05, 4.69) is 10.1 Å². The minimum Gasteiger partial charge on any atom is -0.453 e. The maximum absolute atomic E-state index is 12.8. The molecule has 1 saturated heterocycles. The molecule has 0 aliphatic carbocycles. The third kappa shape index (κ3) is 2.58. The lowest BCUT2D eigenvalue weighted by Crippen LogP contribution is -2.37. The summed E-state index contributed by atoms with van der Waals surface area (Å²) in [6, 6.07) is 5.38. The van der Waals surface area contributed by atoms with Crippen LogP contribution in [0.3, 0.4) is 0 Å². The van der Waals surface area contributed by atoms with Crippen molar-refractivity contribution in [1.29, 1.82) is 0 Å². The van der Waals surface area contributed by atoms with Gasteiger partial charge in [0.2, 0.25) is 5.91 Å². The van der Waals surface area contributed by atoms with E-state index in [4.69, 9.17) is 0 Å². The summed E-state index contributed by atoms with van der Waals surface area (Å²) in [5.74, 6) is -0.461. The standard InChI is InChI=1S/C12H13FN2O3/c1-18-12(17)14-9-6-11(16)15(7-9)10-4-2-8(13)3-5-10/h2-5,9H,6-7H2,1H3,(H,14,17)/t9-/m1/s1. The van der Waals surface area contributed by atoms with Gasteiger partial charge in [-0.3, -0.25) is 4.79 Å². The largest absolute Gasteiger partial charge is 0.453 e. The van der Waals surface area contributed by atoms with Gasteiger partial charge in [0.05, 0.1) is 13.2 Å². The zero-order valence-corrected chi connectivity index (χ0v) is 9.85. The van der Waals surface area contributed by atoms with E-state index in [1.165, 1.54) is 36.3 Å². The molecule has 0 spiro atoms. The summed E-state index contributed by atoms with van der Waals surface area (Å²) in [6.07, 6.45) is -0.347. The van der Waals surface area contributed by atoms with Crippen molar-refractivity contribution >= 4 is 17.7 Å². The first-order valence-electron chi connectivity index (χ1n) is 5.50. The van der Waals surface area contributed by atoms with Gasteiger partial charge < -0.3 is 15.0 Å². The van der Waals surface area contributed by atoms with Gasteiger partial charge in [-0.1, -0.05) is 0 Å². The van der Waals surface area contributed by atoms with Crippen LogP contribution >= 0.6 is 0 Å². The molecule has 5 nitrogen and oxygen atoms in total. The molecular weight excluding hydrogens is 239 g/mol. The number of anilines is 1. The van der Waals surface area contributed by atoms with Crippen molar-refractivity contribution in [1.82, 2.24) is 5.32 Å². The Morgan fingerprint density at radius 3 is 2.72 bits per heavy atom. The summed E-state index contributed by atoms with van der Waals surface area (Å²) < 4.78 is 17.3. The lowest BCUT2D eigenvalue weighted by atomic mass is 10.3. The van der Waals surface area contributed by atoms with Gasteiger partial charge in [0, 0.05) is 18.7 Å². The second-order valence-corrected chi connectivity index (χ2v) is 4.02. The van der Waals surface area contributed by atoms with Crippen molar-refractivity contribution in [3.8, 4) is 0 Å². The topological polar surface area (TPSA) is 58.6 Å². The molecule has 1 heterocycles. The normalized spacial score (nSPS) is 18.9. The second-order valence-electron chi connectivity index (χ2n) is 4.02. The van der Waals surface area contributed by atoms with Crippen LogP contribution < -0.4 is 10.2 Å².